The van der Waals surface area contributed by atoms with E-state index < -0.39 is 38.7 Å². The minimum Gasteiger partial charge on any atom is -0.455 e. The first-order valence-corrected chi connectivity index (χ1v) is 8.05. The van der Waals surface area contributed by atoms with Crippen LogP contribution in [0.3, 0.4) is 0 Å². The van der Waals surface area contributed by atoms with Gasteiger partial charge in [-0.3, -0.25) is 19.2 Å². The third-order valence-corrected chi connectivity index (χ3v) is 4.94. The summed E-state index contributed by atoms with van der Waals surface area (Å²) in [6, 6.07) is -0.703. The van der Waals surface area contributed by atoms with Crippen LogP contribution in [-0.4, -0.2) is 38.7 Å². The highest BCUT2D eigenvalue weighted by Gasteiger charge is 2.53. The van der Waals surface area contributed by atoms with E-state index in [4.69, 9.17) is 13.3 Å². The van der Waals surface area contributed by atoms with Crippen molar-refractivity contribution < 1.29 is 32.5 Å². The first kappa shape index (κ1) is 18.8. The lowest BCUT2D eigenvalue weighted by molar-refractivity contribution is -0.147. The lowest BCUT2D eigenvalue weighted by Gasteiger charge is -2.28. The minimum atomic E-state index is -3.93. The van der Waals surface area contributed by atoms with Gasteiger partial charge in [-0.2, -0.15) is 0 Å². The summed E-state index contributed by atoms with van der Waals surface area (Å²) in [4.78, 5) is 44.9. The highest BCUT2D eigenvalue weighted by molar-refractivity contribution is 6.65. The third kappa shape index (κ3) is 7.87. The number of hydrogen-bond donors (Lipinski definition) is 1. The first-order chi connectivity index (χ1) is 9.60. The molecule has 0 fully saturated rings. The number of nitrogens with one attached hydrogen (secondary N) is 1. The van der Waals surface area contributed by atoms with Gasteiger partial charge in [0.15, 0.2) is 0 Å². The molecule has 0 spiro atoms. The Morgan fingerprint density at radius 2 is 1.43 bits per heavy atom. The Kier molecular flexibility index (Phi) is 7.35. The molecule has 0 saturated carbocycles. The van der Waals surface area contributed by atoms with Gasteiger partial charge in [-0.1, -0.05) is 6.58 Å². The number of carbonyl (C=O) groups is 4. The van der Waals surface area contributed by atoms with Gasteiger partial charge in [0.05, 0.1) is 6.04 Å². The second kappa shape index (κ2) is 8.20. The highest BCUT2D eigenvalue weighted by atomic mass is 28.4. The fourth-order valence-electron chi connectivity index (χ4n) is 1.57. The average Bonchev–Trinajstić information content (AvgIpc) is 2.24. The van der Waals surface area contributed by atoms with Gasteiger partial charge < -0.3 is 18.6 Å². The average molecular weight is 317 g/mol. The summed E-state index contributed by atoms with van der Waals surface area (Å²) in [7, 11) is -3.93. The van der Waals surface area contributed by atoms with E-state index in [0.717, 1.165) is 26.8 Å². The van der Waals surface area contributed by atoms with Crippen molar-refractivity contribution in [3.8, 4) is 0 Å². The van der Waals surface area contributed by atoms with Crippen molar-refractivity contribution in [1.29, 1.82) is 0 Å². The van der Waals surface area contributed by atoms with E-state index in [2.05, 4.69) is 11.9 Å². The molecule has 0 aromatic carbocycles. The first-order valence-electron chi connectivity index (χ1n) is 6.12. The molecule has 0 heterocycles. The highest BCUT2D eigenvalue weighted by Crippen LogP contribution is 2.19. The van der Waals surface area contributed by atoms with Crippen LogP contribution in [0, 0.1) is 0 Å². The maximum atomic E-state index is 11.2. The van der Waals surface area contributed by atoms with Crippen LogP contribution in [0.15, 0.2) is 12.7 Å². The van der Waals surface area contributed by atoms with Crippen LogP contribution >= 0.6 is 0 Å². The van der Waals surface area contributed by atoms with Crippen molar-refractivity contribution in [3.05, 3.63) is 12.7 Å². The van der Waals surface area contributed by atoms with E-state index in [0.29, 0.717) is 0 Å². The number of amides is 1. The fourth-order valence-corrected chi connectivity index (χ4v) is 4.11. The standard InChI is InChI=1S/C12H19NO7Si/c1-6-12(17)13-8(2)7-21(18-9(3)14,19-10(4)15)20-11(5)16/h6,8H,1,7H2,2-5H3,(H,13,17). The Morgan fingerprint density at radius 1 is 1.05 bits per heavy atom. The van der Waals surface area contributed by atoms with Crippen LogP contribution in [0.25, 0.3) is 0 Å². The van der Waals surface area contributed by atoms with E-state index >= 15 is 0 Å². The lowest BCUT2D eigenvalue weighted by Crippen LogP contribution is -2.53. The predicted molar refractivity (Wildman–Crippen MR) is 73.7 cm³/mol. The van der Waals surface area contributed by atoms with Gasteiger partial charge in [0.25, 0.3) is 17.9 Å². The zero-order valence-electron chi connectivity index (χ0n) is 12.4. The molecule has 1 amide bonds. The van der Waals surface area contributed by atoms with Crippen LogP contribution in [-0.2, 0) is 32.5 Å². The number of carbonyl (C=O) groups excluding carboxylic acids is 4. The summed E-state index contributed by atoms with van der Waals surface area (Å²) in [5, 5.41) is 2.51. The van der Waals surface area contributed by atoms with Gasteiger partial charge in [-0.25, -0.2) is 0 Å². The van der Waals surface area contributed by atoms with Crippen LogP contribution in [0.2, 0.25) is 6.04 Å². The van der Waals surface area contributed by atoms with E-state index in [1.807, 2.05) is 0 Å². The molecule has 0 bridgehead atoms. The van der Waals surface area contributed by atoms with Gasteiger partial charge in [-0.05, 0) is 13.0 Å². The van der Waals surface area contributed by atoms with Gasteiger partial charge in [0.1, 0.15) is 0 Å². The predicted octanol–water partition coefficient (Wildman–Crippen LogP) is 0.305. The second-order valence-corrected chi connectivity index (χ2v) is 6.67. The zero-order valence-corrected chi connectivity index (χ0v) is 13.4. The van der Waals surface area contributed by atoms with Gasteiger partial charge in [0, 0.05) is 26.8 Å². The molecular weight excluding hydrogens is 298 g/mol. The van der Waals surface area contributed by atoms with Gasteiger partial charge in [-0.15, -0.1) is 0 Å². The molecule has 0 aliphatic carbocycles. The smallest absolute Gasteiger partial charge is 0.455 e. The molecule has 0 aliphatic heterocycles. The number of hydrogen-bond acceptors (Lipinski definition) is 7. The van der Waals surface area contributed by atoms with Crippen molar-refractivity contribution in [2.24, 2.45) is 0 Å². The molecule has 0 saturated heterocycles. The normalized spacial score (nSPS) is 11.8. The quantitative estimate of drug-likeness (QED) is 0.531. The van der Waals surface area contributed by atoms with Gasteiger partial charge in [0.2, 0.25) is 5.91 Å². The third-order valence-electron chi connectivity index (χ3n) is 2.03. The topological polar surface area (TPSA) is 108 Å². The second-order valence-electron chi connectivity index (χ2n) is 4.28. The molecule has 1 atom stereocenters. The Morgan fingerprint density at radius 3 is 1.71 bits per heavy atom. The zero-order chi connectivity index (χ0) is 16.6. The van der Waals surface area contributed by atoms with Crippen LogP contribution in [0.4, 0.5) is 0 Å². The van der Waals surface area contributed by atoms with Gasteiger partial charge >= 0.3 is 8.80 Å². The van der Waals surface area contributed by atoms with E-state index in [1.54, 1.807) is 6.92 Å². The minimum absolute atomic E-state index is 0.134. The monoisotopic (exact) mass is 317 g/mol. The van der Waals surface area contributed by atoms with E-state index in [-0.39, 0.29) is 6.04 Å². The summed E-state index contributed by atoms with van der Waals surface area (Å²) in [5.41, 5.74) is 0. The van der Waals surface area contributed by atoms with Crippen molar-refractivity contribution in [2.45, 2.75) is 39.8 Å². The molecule has 9 heteroatoms. The van der Waals surface area contributed by atoms with Crippen molar-refractivity contribution in [3.63, 3.8) is 0 Å². The maximum absolute atomic E-state index is 11.2. The Bertz CT molecular complexity index is 408. The molecule has 1 unspecified atom stereocenters. The molecule has 21 heavy (non-hydrogen) atoms. The molecule has 118 valence electrons. The molecule has 0 rings (SSSR count). The molecule has 8 nitrogen and oxygen atoms in total. The number of rotatable bonds is 7. The van der Waals surface area contributed by atoms with Crippen molar-refractivity contribution >= 4 is 32.6 Å². The van der Waals surface area contributed by atoms with E-state index in [9.17, 15) is 19.2 Å². The van der Waals surface area contributed by atoms with Crippen LogP contribution < -0.4 is 5.32 Å². The Labute approximate surface area is 123 Å². The van der Waals surface area contributed by atoms with Crippen molar-refractivity contribution in [1.82, 2.24) is 5.32 Å². The molecular formula is C12H19NO7Si. The van der Waals surface area contributed by atoms with Crippen LogP contribution in [0.1, 0.15) is 27.7 Å². The lowest BCUT2D eigenvalue weighted by atomic mass is 10.4. The summed E-state index contributed by atoms with van der Waals surface area (Å²) < 4.78 is 14.9. The van der Waals surface area contributed by atoms with Crippen molar-refractivity contribution in [2.75, 3.05) is 0 Å². The Balaban J connectivity index is 5.25. The molecule has 0 aromatic rings. The summed E-state index contributed by atoms with van der Waals surface area (Å²) >= 11 is 0. The Hall–Kier alpha value is -2.16. The van der Waals surface area contributed by atoms with E-state index in [1.165, 1.54) is 0 Å². The molecule has 0 aliphatic rings. The SMILES string of the molecule is C=CC(=O)NC(C)C[Si](OC(C)=O)(OC(C)=O)OC(C)=O. The summed E-state index contributed by atoms with van der Waals surface area (Å²) in [6.07, 6.45) is 1.06. The largest absolute Gasteiger partial charge is 0.707 e. The summed E-state index contributed by atoms with van der Waals surface area (Å²) in [6.45, 7) is 8.18. The summed E-state index contributed by atoms with van der Waals surface area (Å²) in [5.74, 6) is -2.73. The van der Waals surface area contributed by atoms with Crippen LogP contribution in [0.5, 0.6) is 0 Å². The molecule has 0 aromatic heterocycles. The molecule has 0 radical (unpaired) electrons. The maximum Gasteiger partial charge on any atom is 0.707 e. The fraction of sp³-hybridized carbons (Fsp3) is 0.500. The molecule has 1 N–H and O–H groups in total.